The van der Waals surface area contributed by atoms with Crippen molar-refractivity contribution in [3.05, 3.63) is 30.1 Å². The van der Waals surface area contributed by atoms with E-state index in [-0.39, 0.29) is 0 Å². The fourth-order valence-electron chi connectivity index (χ4n) is 3.44. The first kappa shape index (κ1) is 14.9. The van der Waals surface area contributed by atoms with E-state index in [1.165, 1.54) is 31.2 Å². The van der Waals surface area contributed by atoms with Crippen molar-refractivity contribution in [3.8, 4) is 0 Å². The second-order valence-corrected chi connectivity index (χ2v) is 7.25. The third-order valence-corrected chi connectivity index (χ3v) is 5.84. The smallest absolute Gasteiger partial charge is 0.126 e. The Morgan fingerprint density at radius 3 is 2.62 bits per heavy atom. The maximum atomic E-state index is 4.81. The van der Waals surface area contributed by atoms with Crippen LogP contribution in [-0.4, -0.2) is 27.1 Å². The lowest BCUT2D eigenvalue weighted by Crippen LogP contribution is -2.36. The summed E-state index contributed by atoms with van der Waals surface area (Å²) in [6, 6.07) is 9.31. The minimum atomic E-state index is 0.304. The molecule has 1 unspecified atom stereocenters. The van der Waals surface area contributed by atoms with Crippen molar-refractivity contribution >= 4 is 22.8 Å². The summed E-state index contributed by atoms with van der Waals surface area (Å²) in [6.45, 7) is 2.24. The number of rotatable bonds is 4. The number of imidazole rings is 1. The summed E-state index contributed by atoms with van der Waals surface area (Å²) in [7, 11) is 2.12. The maximum Gasteiger partial charge on any atom is 0.126 e. The van der Waals surface area contributed by atoms with Crippen molar-refractivity contribution in [1.29, 1.82) is 0 Å². The predicted molar refractivity (Wildman–Crippen MR) is 91.8 cm³/mol. The van der Waals surface area contributed by atoms with E-state index in [9.17, 15) is 0 Å². The van der Waals surface area contributed by atoms with Crippen molar-refractivity contribution in [2.45, 2.75) is 49.9 Å². The first-order chi connectivity index (χ1) is 10.2. The van der Waals surface area contributed by atoms with Gasteiger partial charge < -0.3 is 9.88 Å². The van der Waals surface area contributed by atoms with E-state index in [1.54, 1.807) is 0 Å². The molecule has 3 nitrogen and oxygen atoms in total. The van der Waals surface area contributed by atoms with Gasteiger partial charge in [-0.25, -0.2) is 4.98 Å². The number of aromatic nitrogens is 2. The van der Waals surface area contributed by atoms with E-state index in [4.69, 9.17) is 4.98 Å². The Hall–Kier alpha value is -1.00. The Morgan fingerprint density at radius 2 is 1.95 bits per heavy atom. The molecule has 1 saturated carbocycles. The van der Waals surface area contributed by atoms with Crippen LogP contribution in [0.5, 0.6) is 0 Å². The van der Waals surface area contributed by atoms with Gasteiger partial charge in [0.25, 0.3) is 0 Å². The van der Waals surface area contributed by atoms with E-state index in [1.807, 2.05) is 11.8 Å². The molecule has 1 aromatic heterocycles. The van der Waals surface area contributed by atoms with Crippen LogP contribution >= 0.6 is 11.8 Å². The molecule has 1 atom stereocenters. The topological polar surface area (TPSA) is 29.9 Å². The molecule has 2 aromatic rings. The zero-order valence-electron chi connectivity index (χ0n) is 13.2. The monoisotopic (exact) mass is 303 g/mol. The summed E-state index contributed by atoms with van der Waals surface area (Å²) < 4.78 is 2.22. The lowest BCUT2D eigenvalue weighted by molar-refractivity contribution is 0.344. The number of nitrogens with zero attached hydrogens (tertiary/aromatic N) is 2. The molecule has 0 spiro atoms. The van der Waals surface area contributed by atoms with Gasteiger partial charge in [-0.1, -0.05) is 12.1 Å². The summed E-state index contributed by atoms with van der Waals surface area (Å²) in [4.78, 5) is 4.81. The average Bonchev–Trinajstić information content (AvgIpc) is 2.86. The van der Waals surface area contributed by atoms with Gasteiger partial charge in [0.1, 0.15) is 5.82 Å². The third-order valence-electron chi connectivity index (χ3n) is 4.70. The standard InChI is InChI=1S/C17H25N3S/c1-12(18-13-8-10-14(21-3)11-9-13)17-19-15-6-4-5-7-16(15)20(17)2/h4-7,12-14,18H,8-11H2,1-3H3. The van der Waals surface area contributed by atoms with Crippen molar-refractivity contribution < 1.29 is 0 Å². The molecule has 1 aliphatic rings. The number of aryl methyl sites for hydroxylation is 1. The van der Waals surface area contributed by atoms with E-state index >= 15 is 0 Å². The summed E-state index contributed by atoms with van der Waals surface area (Å²) in [5, 5.41) is 4.66. The Balaban J connectivity index is 1.70. The molecule has 0 amide bonds. The van der Waals surface area contributed by atoms with Gasteiger partial charge in [0.2, 0.25) is 0 Å². The number of benzene rings is 1. The van der Waals surface area contributed by atoms with Crippen LogP contribution in [0.4, 0.5) is 0 Å². The van der Waals surface area contributed by atoms with Crippen LogP contribution in [0.15, 0.2) is 24.3 Å². The molecule has 114 valence electrons. The van der Waals surface area contributed by atoms with Crippen molar-refractivity contribution in [3.63, 3.8) is 0 Å². The maximum absolute atomic E-state index is 4.81. The molecule has 0 saturated heterocycles. The van der Waals surface area contributed by atoms with Crippen molar-refractivity contribution in [2.24, 2.45) is 7.05 Å². The molecule has 21 heavy (non-hydrogen) atoms. The summed E-state index contributed by atoms with van der Waals surface area (Å²) >= 11 is 2.02. The van der Waals surface area contributed by atoms with Gasteiger partial charge >= 0.3 is 0 Å². The zero-order chi connectivity index (χ0) is 14.8. The van der Waals surface area contributed by atoms with Crippen LogP contribution in [0.1, 0.15) is 44.5 Å². The fraction of sp³-hybridized carbons (Fsp3) is 0.588. The molecule has 0 radical (unpaired) electrons. The Morgan fingerprint density at radius 1 is 1.24 bits per heavy atom. The number of hydrogen-bond donors (Lipinski definition) is 1. The Kier molecular flexibility index (Phi) is 4.55. The highest BCUT2D eigenvalue weighted by Gasteiger charge is 2.23. The first-order valence-corrected chi connectivity index (χ1v) is 9.18. The van der Waals surface area contributed by atoms with E-state index in [0.29, 0.717) is 12.1 Å². The van der Waals surface area contributed by atoms with Gasteiger partial charge in [-0.05, 0) is 51.0 Å². The molecule has 1 N–H and O–H groups in total. The van der Waals surface area contributed by atoms with Gasteiger partial charge in [0, 0.05) is 18.3 Å². The highest BCUT2D eigenvalue weighted by Crippen LogP contribution is 2.28. The molecule has 1 heterocycles. The molecule has 1 fully saturated rings. The lowest BCUT2D eigenvalue weighted by Gasteiger charge is -2.30. The molecular formula is C17H25N3S. The minimum Gasteiger partial charge on any atom is -0.330 e. The quantitative estimate of drug-likeness (QED) is 0.929. The predicted octanol–water partition coefficient (Wildman–Crippen LogP) is 3.90. The first-order valence-electron chi connectivity index (χ1n) is 7.89. The molecule has 1 aromatic carbocycles. The van der Waals surface area contributed by atoms with Crippen LogP contribution in [-0.2, 0) is 7.05 Å². The van der Waals surface area contributed by atoms with E-state index in [2.05, 4.69) is 54.4 Å². The summed E-state index contributed by atoms with van der Waals surface area (Å²) in [5.74, 6) is 1.14. The highest BCUT2D eigenvalue weighted by molar-refractivity contribution is 7.99. The Labute approximate surface area is 131 Å². The van der Waals surface area contributed by atoms with Crippen LogP contribution in [0.2, 0.25) is 0 Å². The van der Waals surface area contributed by atoms with Gasteiger partial charge in [0.15, 0.2) is 0 Å². The van der Waals surface area contributed by atoms with Gasteiger partial charge in [-0.2, -0.15) is 11.8 Å². The second kappa shape index (κ2) is 6.41. The number of nitrogens with one attached hydrogen (secondary N) is 1. The van der Waals surface area contributed by atoms with Crippen LogP contribution in [0, 0.1) is 0 Å². The van der Waals surface area contributed by atoms with Crippen LogP contribution in [0.25, 0.3) is 11.0 Å². The number of thioether (sulfide) groups is 1. The second-order valence-electron chi connectivity index (χ2n) is 6.12. The van der Waals surface area contributed by atoms with Crippen molar-refractivity contribution in [1.82, 2.24) is 14.9 Å². The number of para-hydroxylation sites is 2. The SMILES string of the molecule is CSC1CCC(NC(C)c2nc3ccccc3n2C)CC1. The molecule has 3 rings (SSSR count). The lowest BCUT2D eigenvalue weighted by atomic mass is 9.94. The molecule has 0 aliphatic heterocycles. The van der Waals surface area contributed by atoms with Crippen LogP contribution in [0.3, 0.4) is 0 Å². The average molecular weight is 303 g/mol. The van der Waals surface area contributed by atoms with Gasteiger partial charge in [-0.15, -0.1) is 0 Å². The van der Waals surface area contributed by atoms with E-state index < -0.39 is 0 Å². The molecule has 4 heteroatoms. The number of hydrogen-bond acceptors (Lipinski definition) is 3. The minimum absolute atomic E-state index is 0.304. The highest BCUT2D eigenvalue weighted by atomic mass is 32.2. The van der Waals surface area contributed by atoms with Crippen molar-refractivity contribution in [2.75, 3.05) is 6.26 Å². The zero-order valence-corrected chi connectivity index (χ0v) is 14.0. The normalized spacial score (nSPS) is 24.3. The summed E-state index contributed by atoms with van der Waals surface area (Å²) in [6.07, 6.45) is 7.50. The molecule has 1 aliphatic carbocycles. The molecular weight excluding hydrogens is 278 g/mol. The molecule has 0 bridgehead atoms. The fourth-order valence-corrected chi connectivity index (χ4v) is 4.19. The number of fused-ring (bicyclic) bond motifs is 1. The van der Waals surface area contributed by atoms with E-state index in [0.717, 1.165) is 16.6 Å². The third kappa shape index (κ3) is 3.11. The largest absolute Gasteiger partial charge is 0.330 e. The van der Waals surface area contributed by atoms with Gasteiger partial charge in [-0.3, -0.25) is 0 Å². The summed E-state index contributed by atoms with van der Waals surface area (Å²) in [5.41, 5.74) is 2.31. The van der Waals surface area contributed by atoms with Gasteiger partial charge in [0.05, 0.1) is 17.1 Å². The van der Waals surface area contributed by atoms with Crippen LogP contribution < -0.4 is 5.32 Å². The Bertz CT molecular complexity index is 599.